The molecule has 32 heavy (non-hydrogen) atoms. The molecule has 0 atom stereocenters. The van der Waals surface area contributed by atoms with E-state index in [0.717, 1.165) is 11.6 Å². The second-order valence-corrected chi connectivity index (χ2v) is 9.69. The summed E-state index contributed by atoms with van der Waals surface area (Å²) in [5, 5.41) is 2.65. The molecule has 0 unspecified atom stereocenters. The molecular formula is C22H26F3N3O3S. The molecule has 0 radical (unpaired) electrons. The minimum Gasteiger partial charge on any atom is -0.355 e. The molecule has 0 saturated carbocycles. The van der Waals surface area contributed by atoms with Crippen LogP contribution in [-0.4, -0.2) is 62.8 Å². The predicted octanol–water partition coefficient (Wildman–Crippen LogP) is 2.68. The van der Waals surface area contributed by atoms with Crippen LogP contribution in [0.5, 0.6) is 0 Å². The van der Waals surface area contributed by atoms with Gasteiger partial charge in [-0.25, -0.2) is 8.42 Å². The van der Waals surface area contributed by atoms with Crippen LogP contribution in [0.2, 0.25) is 0 Å². The molecule has 10 heteroatoms. The number of carbonyl (C=O) groups is 1. The number of piperazine rings is 1. The summed E-state index contributed by atoms with van der Waals surface area (Å²) in [7, 11) is -3.58. The number of alkyl halides is 3. The van der Waals surface area contributed by atoms with E-state index in [9.17, 15) is 26.4 Å². The van der Waals surface area contributed by atoms with Crippen LogP contribution in [0, 0.1) is 6.92 Å². The van der Waals surface area contributed by atoms with E-state index >= 15 is 0 Å². The van der Waals surface area contributed by atoms with Gasteiger partial charge in [-0.1, -0.05) is 35.9 Å². The van der Waals surface area contributed by atoms with Crippen molar-refractivity contribution in [1.82, 2.24) is 14.5 Å². The van der Waals surface area contributed by atoms with Gasteiger partial charge in [0.1, 0.15) is 0 Å². The number of sulfonamides is 1. The SMILES string of the molecule is Cc1ccc(S(=O)(=O)N2CCN(CC(=O)NCCc3ccccc3C(F)(F)F)CC2)cc1. The normalized spacial score (nSPS) is 16.1. The van der Waals surface area contributed by atoms with Crippen LogP contribution in [0.3, 0.4) is 0 Å². The first-order valence-corrected chi connectivity index (χ1v) is 11.7. The average molecular weight is 470 g/mol. The Morgan fingerprint density at radius 1 is 1.00 bits per heavy atom. The van der Waals surface area contributed by atoms with E-state index in [4.69, 9.17) is 0 Å². The zero-order chi connectivity index (χ0) is 23.4. The molecule has 1 aliphatic rings. The zero-order valence-electron chi connectivity index (χ0n) is 17.7. The highest BCUT2D eigenvalue weighted by Gasteiger charge is 2.33. The van der Waals surface area contributed by atoms with Crippen molar-refractivity contribution in [2.45, 2.75) is 24.4 Å². The lowest BCUT2D eigenvalue weighted by Gasteiger charge is -2.33. The number of benzene rings is 2. The van der Waals surface area contributed by atoms with Crippen molar-refractivity contribution < 1.29 is 26.4 Å². The van der Waals surface area contributed by atoms with Gasteiger partial charge in [0.05, 0.1) is 17.0 Å². The van der Waals surface area contributed by atoms with Gasteiger partial charge in [-0.2, -0.15) is 17.5 Å². The van der Waals surface area contributed by atoms with Crippen LogP contribution in [-0.2, 0) is 27.4 Å². The summed E-state index contributed by atoms with van der Waals surface area (Å²) >= 11 is 0. The summed E-state index contributed by atoms with van der Waals surface area (Å²) in [6.45, 7) is 3.37. The van der Waals surface area contributed by atoms with Gasteiger partial charge in [0.2, 0.25) is 15.9 Å². The van der Waals surface area contributed by atoms with Crippen LogP contribution in [0.4, 0.5) is 13.2 Å². The quantitative estimate of drug-likeness (QED) is 0.677. The first-order valence-electron chi connectivity index (χ1n) is 10.3. The third-order valence-corrected chi connectivity index (χ3v) is 7.31. The van der Waals surface area contributed by atoms with Crippen LogP contribution < -0.4 is 5.32 Å². The molecule has 1 fully saturated rings. The number of nitrogens with one attached hydrogen (secondary N) is 1. The van der Waals surface area contributed by atoms with Crippen molar-refractivity contribution >= 4 is 15.9 Å². The second kappa shape index (κ2) is 10.0. The summed E-state index contributed by atoms with van der Waals surface area (Å²) in [6.07, 6.45) is -4.36. The minimum absolute atomic E-state index is 0.0688. The monoisotopic (exact) mass is 469 g/mol. The maximum Gasteiger partial charge on any atom is 0.416 e. The molecule has 3 rings (SSSR count). The van der Waals surface area contributed by atoms with E-state index in [0.29, 0.717) is 13.1 Å². The first-order chi connectivity index (χ1) is 15.1. The van der Waals surface area contributed by atoms with Crippen molar-refractivity contribution in [3.63, 3.8) is 0 Å². The van der Waals surface area contributed by atoms with Gasteiger partial charge < -0.3 is 5.32 Å². The number of hydrogen-bond acceptors (Lipinski definition) is 4. The molecule has 1 heterocycles. The smallest absolute Gasteiger partial charge is 0.355 e. The Bertz CT molecular complexity index is 1030. The largest absolute Gasteiger partial charge is 0.416 e. The van der Waals surface area contributed by atoms with Crippen molar-refractivity contribution in [2.75, 3.05) is 39.3 Å². The Kier molecular flexibility index (Phi) is 7.58. The molecular weight excluding hydrogens is 443 g/mol. The molecule has 0 bridgehead atoms. The molecule has 2 aromatic rings. The molecule has 6 nitrogen and oxygen atoms in total. The number of carbonyl (C=O) groups excluding carboxylic acids is 1. The van der Waals surface area contributed by atoms with Gasteiger partial charge in [0.15, 0.2) is 0 Å². The van der Waals surface area contributed by atoms with Crippen molar-refractivity contribution in [3.8, 4) is 0 Å². The summed E-state index contributed by atoms with van der Waals surface area (Å²) in [5.41, 5.74) is 0.414. The molecule has 2 aromatic carbocycles. The standard InChI is InChI=1S/C22H26F3N3O3S/c1-17-6-8-19(9-7-17)32(30,31)28-14-12-27(13-15-28)16-21(29)26-11-10-18-4-2-3-5-20(18)22(23,24)25/h2-9H,10-16H2,1H3,(H,26,29). The van der Waals surface area contributed by atoms with Crippen LogP contribution in [0.1, 0.15) is 16.7 Å². The van der Waals surface area contributed by atoms with Crippen molar-refractivity contribution in [2.24, 2.45) is 0 Å². The van der Waals surface area contributed by atoms with Gasteiger partial charge in [-0.15, -0.1) is 0 Å². The second-order valence-electron chi connectivity index (χ2n) is 7.75. The fourth-order valence-electron chi connectivity index (χ4n) is 3.60. The highest BCUT2D eigenvalue weighted by molar-refractivity contribution is 7.89. The Balaban J connectivity index is 1.46. The summed E-state index contributed by atoms with van der Waals surface area (Å²) < 4.78 is 66.0. The lowest BCUT2D eigenvalue weighted by molar-refractivity contribution is -0.138. The number of aryl methyl sites for hydroxylation is 1. The maximum absolute atomic E-state index is 13.0. The molecule has 0 aromatic heterocycles. The molecule has 1 saturated heterocycles. The highest BCUT2D eigenvalue weighted by Crippen LogP contribution is 2.31. The summed E-state index contributed by atoms with van der Waals surface area (Å²) in [5.74, 6) is -0.302. The maximum atomic E-state index is 13.0. The van der Waals surface area contributed by atoms with E-state index in [1.54, 1.807) is 24.3 Å². The Morgan fingerprint density at radius 2 is 1.62 bits per heavy atom. The van der Waals surface area contributed by atoms with E-state index in [1.165, 1.54) is 22.5 Å². The number of amides is 1. The topological polar surface area (TPSA) is 69.7 Å². The molecule has 174 valence electrons. The van der Waals surface area contributed by atoms with Gasteiger partial charge >= 0.3 is 6.18 Å². The number of nitrogens with zero attached hydrogens (tertiary/aromatic N) is 2. The van der Waals surface area contributed by atoms with Gasteiger partial charge in [-0.05, 0) is 37.1 Å². The highest BCUT2D eigenvalue weighted by atomic mass is 32.2. The lowest BCUT2D eigenvalue weighted by Crippen LogP contribution is -2.51. The first kappa shape index (κ1) is 24.2. The Morgan fingerprint density at radius 3 is 2.25 bits per heavy atom. The van der Waals surface area contributed by atoms with Gasteiger partial charge in [0, 0.05) is 32.7 Å². The van der Waals surface area contributed by atoms with Crippen LogP contribution >= 0.6 is 0 Å². The molecule has 0 spiro atoms. The van der Waals surface area contributed by atoms with Crippen LogP contribution in [0.15, 0.2) is 53.4 Å². The van der Waals surface area contributed by atoms with Crippen molar-refractivity contribution in [3.05, 3.63) is 65.2 Å². The average Bonchev–Trinajstić information content (AvgIpc) is 2.74. The summed E-state index contributed by atoms with van der Waals surface area (Å²) in [6, 6.07) is 12.0. The van der Waals surface area contributed by atoms with Gasteiger partial charge in [-0.3, -0.25) is 9.69 Å². The van der Waals surface area contributed by atoms with E-state index < -0.39 is 21.8 Å². The van der Waals surface area contributed by atoms with Crippen molar-refractivity contribution in [1.29, 1.82) is 0 Å². The fourth-order valence-corrected chi connectivity index (χ4v) is 5.02. The molecule has 1 N–H and O–H groups in total. The third kappa shape index (κ3) is 6.08. The molecule has 1 aliphatic heterocycles. The van der Waals surface area contributed by atoms with E-state index in [2.05, 4.69) is 5.32 Å². The summed E-state index contributed by atoms with van der Waals surface area (Å²) in [4.78, 5) is 14.3. The lowest BCUT2D eigenvalue weighted by atomic mass is 10.0. The number of halogens is 3. The minimum atomic E-state index is -4.43. The fraction of sp³-hybridized carbons (Fsp3) is 0.409. The van der Waals surface area contributed by atoms with Crippen LogP contribution in [0.25, 0.3) is 0 Å². The molecule has 0 aliphatic carbocycles. The predicted molar refractivity (Wildman–Crippen MR) is 115 cm³/mol. The van der Waals surface area contributed by atoms with Gasteiger partial charge in [0.25, 0.3) is 0 Å². The zero-order valence-corrected chi connectivity index (χ0v) is 18.5. The third-order valence-electron chi connectivity index (χ3n) is 5.40. The Hall–Kier alpha value is -2.43. The number of rotatable bonds is 7. The van der Waals surface area contributed by atoms with E-state index in [1.807, 2.05) is 11.8 Å². The molecule has 1 amide bonds. The van der Waals surface area contributed by atoms with E-state index in [-0.39, 0.29) is 49.0 Å². The number of hydrogen-bond donors (Lipinski definition) is 1. The Labute approximate surface area is 186 Å².